The van der Waals surface area contributed by atoms with E-state index in [0.29, 0.717) is 35.3 Å². The maximum atomic E-state index is 13.2. The molecule has 2 aromatic heterocycles. The number of anilines is 1. The van der Waals surface area contributed by atoms with E-state index in [1.807, 2.05) is 35.3 Å². The summed E-state index contributed by atoms with van der Waals surface area (Å²) in [5.74, 6) is 0.823. The highest BCUT2D eigenvalue weighted by Crippen LogP contribution is 2.49. The summed E-state index contributed by atoms with van der Waals surface area (Å²) < 4.78 is 34.6. The molecule has 1 saturated heterocycles. The Balaban J connectivity index is 1.18. The molecule has 4 heterocycles. The molecule has 1 spiro atoms. The van der Waals surface area contributed by atoms with Gasteiger partial charge in [0, 0.05) is 43.2 Å². The van der Waals surface area contributed by atoms with Crippen molar-refractivity contribution in [1.82, 2.24) is 19.3 Å². The van der Waals surface area contributed by atoms with Gasteiger partial charge in [0.1, 0.15) is 5.75 Å². The van der Waals surface area contributed by atoms with Crippen LogP contribution in [0.25, 0.3) is 22.0 Å². The second kappa shape index (κ2) is 9.15. The lowest BCUT2D eigenvalue weighted by Crippen LogP contribution is -2.49. The lowest BCUT2D eigenvalue weighted by molar-refractivity contribution is -0.0507. The molecule has 0 amide bonds. The minimum Gasteiger partial charge on any atom is -0.434 e. The van der Waals surface area contributed by atoms with Gasteiger partial charge in [0.2, 0.25) is 5.95 Å². The molecule has 0 unspecified atom stereocenters. The van der Waals surface area contributed by atoms with Crippen LogP contribution in [-0.2, 0) is 6.54 Å². The van der Waals surface area contributed by atoms with E-state index < -0.39 is 6.61 Å². The molecular formula is C29H29F2N5O3. The third-order valence-corrected chi connectivity index (χ3v) is 8.79. The number of aromatic nitrogens is 4. The molecule has 2 fully saturated rings. The molecule has 7 rings (SSSR count). The standard InChI is InChI=1S/C29H29F2N5O3/c30-27(31)39-25-4-2-1-3-21(25)23-7-10-35-26(38)22-6-5-18(13-24(22)36(23)35)19-16-32-28(33-17-19)34-11-8-29(9-12-34)14-20(37)15-29/h1-6,13,16-17,20,23,27,37H,7-12,14-15H2/t23-/m0/s1. The molecule has 2 aromatic carbocycles. The Kier molecular flexibility index (Phi) is 5.69. The summed E-state index contributed by atoms with van der Waals surface area (Å²) in [6.45, 7) is -0.668. The Morgan fingerprint density at radius 2 is 1.74 bits per heavy atom. The van der Waals surface area contributed by atoms with Crippen molar-refractivity contribution in [3.63, 3.8) is 0 Å². The molecule has 4 aromatic rings. The van der Waals surface area contributed by atoms with E-state index in [4.69, 9.17) is 4.74 Å². The zero-order valence-corrected chi connectivity index (χ0v) is 21.3. The van der Waals surface area contributed by atoms with Crippen LogP contribution in [-0.4, -0.2) is 50.2 Å². The fourth-order valence-electron chi connectivity index (χ4n) is 6.77. The smallest absolute Gasteiger partial charge is 0.387 e. The van der Waals surface area contributed by atoms with Crippen molar-refractivity contribution in [3.8, 4) is 16.9 Å². The molecule has 10 heteroatoms. The van der Waals surface area contributed by atoms with Crippen LogP contribution in [0.15, 0.2) is 59.7 Å². The van der Waals surface area contributed by atoms with Gasteiger partial charge >= 0.3 is 6.61 Å². The van der Waals surface area contributed by atoms with Crippen LogP contribution < -0.4 is 15.2 Å². The zero-order valence-electron chi connectivity index (χ0n) is 21.3. The second-order valence-corrected chi connectivity index (χ2v) is 11.0. The largest absolute Gasteiger partial charge is 0.434 e. The van der Waals surface area contributed by atoms with E-state index in [-0.39, 0.29) is 23.5 Å². The SMILES string of the molecule is O=c1c2ccc(-c3cnc(N4CCC5(CC4)CC(O)C5)nc3)cc2n2n1CC[C@H]2c1ccccc1OC(F)F. The number of alkyl halides is 2. The molecule has 202 valence electrons. The molecule has 1 N–H and O–H groups in total. The number of rotatable bonds is 5. The number of aliphatic hydroxyl groups excluding tert-OH is 1. The summed E-state index contributed by atoms with van der Waals surface area (Å²) >= 11 is 0. The molecule has 0 bridgehead atoms. The predicted octanol–water partition coefficient (Wildman–Crippen LogP) is 4.60. The minimum absolute atomic E-state index is 0.0974. The van der Waals surface area contributed by atoms with E-state index in [1.54, 1.807) is 22.9 Å². The highest BCUT2D eigenvalue weighted by molar-refractivity contribution is 5.84. The van der Waals surface area contributed by atoms with Crippen molar-refractivity contribution in [3.05, 3.63) is 70.8 Å². The van der Waals surface area contributed by atoms with Gasteiger partial charge in [-0.15, -0.1) is 0 Å². The average Bonchev–Trinajstić information content (AvgIpc) is 3.48. The number of fused-ring (bicyclic) bond motifs is 3. The fourth-order valence-corrected chi connectivity index (χ4v) is 6.77. The Labute approximate surface area is 223 Å². The Morgan fingerprint density at radius 3 is 2.46 bits per heavy atom. The number of aliphatic hydroxyl groups is 1. The van der Waals surface area contributed by atoms with Crippen LogP contribution >= 0.6 is 0 Å². The third kappa shape index (κ3) is 4.09. The highest BCUT2D eigenvalue weighted by atomic mass is 19.3. The first-order chi connectivity index (χ1) is 18.9. The Bertz CT molecular complexity index is 1580. The monoisotopic (exact) mass is 533 g/mol. The van der Waals surface area contributed by atoms with E-state index in [9.17, 15) is 18.7 Å². The first kappa shape index (κ1) is 24.3. The summed E-state index contributed by atoms with van der Waals surface area (Å²) in [5.41, 5.74) is 3.27. The first-order valence-corrected chi connectivity index (χ1v) is 13.5. The van der Waals surface area contributed by atoms with Crippen molar-refractivity contribution in [2.75, 3.05) is 18.0 Å². The van der Waals surface area contributed by atoms with Gasteiger partial charge in [0.05, 0.1) is 23.0 Å². The third-order valence-electron chi connectivity index (χ3n) is 8.79. The average molecular weight is 534 g/mol. The maximum Gasteiger partial charge on any atom is 0.387 e. The van der Waals surface area contributed by atoms with Crippen LogP contribution in [0.5, 0.6) is 5.75 Å². The molecular weight excluding hydrogens is 504 g/mol. The number of para-hydroxylation sites is 1. The van der Waals surface area contributed by atoms with Crippen LogP contribution in [0.1, 0.15) is 43.7 Å². The van der Waals surface area contributed by atoms with Crippen LogP contribution in [0, 0.1) is 5.41 Å². The van der Waals surface area contributed by atoms with Crippen LogP contribution in [0.4, 0.5) is 14.7 Å². The fraction of sp³-hybridized carbons (Fsp3) is 0.414. The van der Waals surface area contributed by atoms with E-state index in [1.165, 1.54) is 6.07 Å². The highest BCUT2D eigenvalue weighted by Gasteiger charge is 2.45. The maximum absolute atomic E-state index is 13.2. The topological polar surface area (TPSA) is 85.4 Å². The zero-order chi connectivity index (χ0) is 26.7. The van der Waals surface area contributed by atoms with E-state index in [0.717, 1.165) is 55.4 Å². The van der Waals surface area contributed by atoms with Crippen LogP contribution in [0.3, 0.4) is 0 Å². The number of nitrogens with zero attached hydrogens (tertiary/aromatic N) is 5. The molecule has 2 aliphatic heterocycles. The predicted molar refractivity (Wildman–Crippen MR) is 142 cm³/mol. The first-order valence-electron chi connectivity index (χ1n) is 13.5. The number of hydrogen-bond acceptors (Lipinski definition) is 6. The number of halogens is 2. The van der Waals surface area contributed by atoms with Gasteiger partial charge < -0.3 is 14.7 Å². The quantitative estimate of drug-likeness (QED) is 0.404. The molecule has 8 nitrogen and oxygen atoms in total. The van der Waals surface area contributed by atoms with Gasteiger partial charge in [0.15, 0.2) is 0 Å². The summed E-state index contributed by atoms with van der Waals surface area (Å²) in [7, 11) is 0. The van der Waals surface area contributed by atoms with Gasteiger partial charge in [-0.2, -0.15) is 8.78 Å². The second-order valence-electron chi connectivity index (χ2n) is 11.0. The summed E-state index contributed by atoms with van der Waals surface area (Å²) in [6, 6.07) is 12.1. The molecule has 1 aliphatic carbocycles. The molecule has 1 atom stereocenters. The number of hydrogen-bond donors (Lipinski definition) is 1. The number of benzene rings is 2. The molecule has 1 saturated carbocycles. The van der Waals surface area contributed by atoms with Crippen molar-refractivity contribution < 1.29 is 18.6 Å². The molecule has 0 radical (unpaired) electrons. The Hall–Kier alpha value is -3.79. The van der Waals surface area contributed by atoms with Crippen LogP contribution in [0.2, 0.25) is 0 Å². The van der Waals surface area contributed by atoms with Crippen molar-refractivity contribution in [2.45, 2.75) is 57.4 Å². The van der Waals surface area contributed by atoms with E-state index in [2.05, 4.69) is 14.9 Å². The van der Waals surface area contributed by atoms with Crippen molar-refractivity contribution in [2.24, 2.45) is 5.41 Å². The molecule has 39 heavy (non-hydrogen) atoms. The van der Waals surface area contributed by atoms with Crippen molar-refractivity contribution >= 4 is 16.9 Å². The summed E-state index contributed by atoms with van der Waals surface area (Å²) in [4.78, 5) is 24.7. The van der Waals surface area contributed by atoms with Gasteiger partial charge in [-0.05, 0) is 61.3 Å². The van der Waals surface area contributed by atoms with Crippen molar-refractivity contribution in [1.29, 1.82) is 0 Å². The molecule has 3 aliphatic rings. The van der Waals surface area contributed by atoms with Gasteiger partial charge in [-0.25, -0.2) is 14.6 Å². The Morgan fingerprint density at radius 1 is 1.00 bits per heavy atom. The lowest BCUT2D eigenvalue weighted by Gasteiger charge is -2.50. The van der Waals surface area contributed by atoms with Gasteiger partial charge in [0.25, 0.3) is 5.56 Å². The normalized spacial score (nSPS) is 20.5. The summed E-state index contributed by atoms with van der Waals surface area (Å²) in [6.07, 6.45) is 7.99. The summed E-state index contributed by atoms with van der Waals surface area (Å²) in [5, 5.41) is 10.3. The lowest BCUT2D eigenvalue weighted by atomic mass is 9.61. The van der Waals surface area contributed by atoms with Gasteiger partial charge in [-0.1, -0.05) is 24.3 Å². The van der Waals surface area contributed by atoms with Gasteiger partial charge in [-0.3, -0.25) is 9.48 Å². The minimum atomic E-state index is -2.93. The van der Waals surface area contributed by atoms with E-state index >= 15 is 0 Å². The number of ether oxygens (including phenoxy) is 1. The number of piperidine rings is 1.